The zero-order valence-corrected chi connectivity index (χ0v) is 18.9. The van der Waals surface area contributed by atoms with Gasteiger partial charge in [0.05, 0.1) is 19.9 Å². The molecule has 0 radical (unpaired) electrons. The van der Waals surface area contributed by atoms with Crippen LogP contribution in [0.25, 0.3) is 0 Å². The van der Waals surface area contributed by atoms with E-state index in [2.05, 4.69) is 20.3 Å². The molecular weight excluding hydrogens is 423 g/mol. The predicted molar refractivity (Wildman–Crippen MR) is 122 cm³/mol. The van der Waals surface area contributed by atoms with Crippen molar-refractivity contribution in [1.29, 1.82) is 5.53 Å². The van der Waals surface area contributed by atoms with Crippen molar-refractivity contribution in [1.82, 2.24) is 9.97 Å². The molecule has 2 aliphatic carbocycles. The molecule has 0 unspecified atom stereocenters. The smallest absolute Gasteiger partial charge is 0.213 e. The summed E-state index contributed by atoms with van der Waals surface area (Å²) < 4.78 is 25.5. The van der Waals surface area contributed by atoms with Crippen molar-refractivity contribution in [2.24, 2.45) is 27.9 Å². The van der Waals surface area contributed by atoms with E-state index in [1.165, 1.54) is 19.0 Å². The van der Waals surface area contributed by atoms with E-state index in [0.29, 0.717) is 48.0 Å². The first-order valence-corrected chi connectivity index (χ1v) is 11.5. The number of nitrogens with zero attached hydrogens (tertiary/aromatic N) is 4. The highest BCUT2D eigenvalue weighted by Gasteiger charge is 2.33. The molecule has 33 heavy (non-hydrogen) atoms. The van der Waals surface area contributed by atoms with Crippen LogP contribution in [0.15, 0.2) is 40.9 Å². The zero-order chi connectivity index (χ0) is 23.2. The van der Waals surface area contributed by atoms with Crippen LogP contribution in [-0.2, 0) is 0 Å². The second-order valence-electron chi connectivity index (χ2n) is 9.04. The van der Waals surface area contributed by atoms with Gasteiger partial charge in [0.2, 0.25) is 11.8 Å². The molecule has 0 spiro atoms. The van der Waals surface area contributed by atoms with Crippen molar-refractivity contribution < 1.29 is 13.9 Å². The van der Waals surface area contributed by atoms with E-state index in [9.17, 15) is 4.39 Å². The van der Waals surface area contributed by atoms with Crippen LogP contribution in [0.2, 0.25) is 0 Å². The summed E-state index contributed by atoms with van der Waals surface area (Å²) in [4.78, 5) is 8.33. The maximum Gasteiger partial charge on any atom is 0.213 e. The van der Waals surface area contributed by atoms with Crippen molar-refractivity contribution in [3.63, 3.8) is 0 Å². The third-order valence-electron chi connectivity index (χ3n) is 6.81. The SMILES string of the molecule is COc1cc(C2CCC(COc3cc([C@@H](C/C(N)=N/N=N)C4CC4)ccn3)CC2)c(F)cn1. The monoisotopic (exact) mass is 454 g/mol. The summed E-state index contributed by atoms with van der Waals surface area (Å²) in [6.45, 7) is 0.598. The number of ether oxygens (including phenoxy) is 2. The molecule has 1 atom stereocenters. The summed E-state index contributed by atoms with van der Waals surface area (Å²) in [6.07, 6.45) is 9.71. The number of methoxy groups -OCH3 is 1. The minimum atomic E-state index is -0.260. The van der Waals surface area contributed by atoms with Crippen LogP contribution in [0.3, 0.4) is 0 Å². The molecular formula is C24H31FN6O2. The van der Waals surface area contributed by atoms with E-state index < -0.39 is 0 Å². The standard InChI is InChI=1S/C24H31FN6O2/c1-32-23-12-20(21(25)13-29-23)17-4-2-15(3-5-17)14-33-24-10-18(8-9-28-24)19(16-6-7-16)11-22(26)30-31-27/h8-10,12-13,15-17,19H,2-7,11,14H2,1H3,(H3,26,27,30)/t15?,17?,19-/m0/s1. The number of hydrogen-bond acceptors (Lipinski definition) is 6. The Morgan fingerprint density at radius 2 is 1.97 bits per heavy atom. The number of amidine groups is 1. The summed E-state index contributed by atoms with van der Waals surface area (Å²) in [5, 5.41) is 6.71. The van der Waals surface area contributed by atoms with Crippen LogP contribution in [0.5, 0.6) is 11.8 Å². The molecule has 176 valence electrons. The highest BCUT2D eigenvalue weighted by molar-refractivity contribution is 5.81. The molecule has 8 nitrogen and oxygen atoms in total. The van der Waals surface area contributed by atoms with Crippen molar-refractivity contribution in [2.45, 2.75) is 56.8 Å². The number of pyridine rings is 2. The molecule has 9 heteroatoms. The first kappa shape index (κ1) is 23.1. The number of hydrogen-bond donors (Lipinski definition) is 2. The first-order chi connectivity index (χ1) is 16.1. The van der Waals surface area contributed by atoms with Gasteiger partial charge in [-0.3, -0.25) is 0 Å². The van der Waals surface area contributed by atoms with Crippen LogP contribution in [0.1, 0.15) is 67.9 Å². The van der Waals surface area contributed by atoms with Gasteiger partial charge >= 0.3 is 0 Å². The molecule has 0 bridgehead atoms. The van der Waals surface area contributed by atoms with Gasteiger partial charge in [0.25, 0.3) is 0 Å². The average Bonchev–Trinajstić information content (AvgIpc) is 3.68. The van der Waals surface area contributed by atoms with Gasteiger partial charge in [0.1, 0.15) is 11.7 Å². The first-order valence-electron chi connectivity index (χ1n) is 11.5. The molecule has 2 aromatic rings. The Kier molecular flexibility index (Phi) is 7.47. The molecule has 0 amide bonds. The predicted octanol–water partition coefficient (Wildman–Crippen LogP) is 5.16. The van der Waals surface area contributed by atoms with Crippen LogP contribution in [0, 0.1) is 23.2 Å². The number of rotatable bonds is 10. The second kappa shape index (κ2) is 10.7. The number of nitrogens with two attached hydrogens (primary N) is 1. The zero-order valence-electron chi connectivity index (χ0n) is 18.9. The van der Waals surface area contributed by atoms with E-state index in [0.717, 1.165) is 31.2 Å². The third-order valence-corrected chi connectivity index (χ3v) is 6.81. The van der Waals surface area contributed by atoms with Gasteiger partial charge in [0, 0.05) is 24.8 Å². The Balaban J connectivity index is 1.32. The lowest BCUT2D eigenvalue weighted by Gasteiger charge is -2.29. The van der Waals surface area contributed by atoms with Crippen LogP contribution in [-0.4, -0.2) is 29.5 Å². The molecule has 2 heterocycles. The van der Waals surface area contributed by atoms with Gasteiger partial charge in [0.15, 0.2) is 0 Å². The van der Waals surface area contributed by atoms with Gasteiger partial charge in [-0.1, -0.05) is 5.22 Å². The minimum Gasteiger partial charge on any atom is -0.481 e. The van der Waals surface area contributed by atoms with E-state index in [1.807, 2.05) is 12.1 Å². The maximum atomic E-state index is 14.3. The van der Waals surface area contributed by atoms with Crippen LogP contribution >= 0.6 is 0 Å². The summed E-state index contributed by atoms with van der Waals surface area (Å²) in [5.74, 6) is 2.59. The fraction of sp³-hybridized carbons (Fsp3) is 0.542. The lowest BCUT2D eigenvalue weighted by Crippen LogP contribution is -2.20. The van der Waals surface area contributed by atoms with Gasteiger partial charge in [-0.15, -0.1) is 5.10 Å². The third kappa shape index (κ3) is 6.03. The Hall–Kier alpha value is -3.10. The molecule has 0 aromatic carbocycles. The van der Waals surface area contributed by atoms with E-state index in [4.69, 9.17) is 20.7 Å². The number of nitrogens with one attached hydrogen (secondary N) is 1. The fourth-order valence-corrected chi connectivity index (χ4v) is 4.82. The summed E-state index contributed by atoms with van der Waals surface area (Å²) in [6, 6.07) is 5.72. The number of halogens is 1. The summed E-state index contributed by atoms with van der Waals surface area (Å²) in [7, 11) is 1.55. The summed E-state index contributed by atoms with van der Waals surface area (Å²) >= 11 is 0. The van der Waals surface area contributed by atoms with E-state index in [-0.39, 0.29) is 17.7 Å². The Labute approximate surface area is 193 Å². The molecule has 4 rings (SSSR count). The Bertz CT molecular complexity index is 989. The Morgan fingerprint density at radius 1 is 1.18 bits per heavy atom. The summed E-state index contributed by atoms with van der Waals surface area (Å²) in [5.41, 5.74) is 14.6. The highest BCUT2D eigenvalue weighted by Crippen LogP contribution is 2.45. The lowest BCUT2D eigenvalue weighted by molar-refractivity contribution is 0.193. The van der Waals surface area contributed by atoms with E-state index >= 15 is 0 Å². The van der Waals surface area contributed by atoms with Crippen molar-refractivity contribution in [3.8, 4) is 11.8 Å². The normalized spacial score (nSPS) is 21.9. The molecule has 2 saturated carbocycles. The average molecular weight is 455 g/mol. The van der Waals surface area contributed by atoms with Gasteiger partial charge in [-0.05, 0) is 79.4 Å². The maximum absolute atomic E-state index is 14.3. The Morgan fingerprint density at radius 3 is 2.67 bits per heavy atom. The largest absolute Gasteiger partial charge is 0.481 e. The quantitative estimate of drug-likeness (QED) is 0.222. The highest BCUT2D eigenvalue weighted by atomic mass is 19.1. The molecule has 2 aromatic heterocycles. The molecule has 2 fully saturated rings. The van der Waals surface area contributed by atoms with Crippen molar-refractivity contribution in [3.05, 3.63) is 47.5 Å². The van der Waals surface area contributed by atoms with Crippen molar-refractivity contribution in [2.75, 3.05) is 13.7 Å². The van der Waals surface area contributed by atoms with Gasteiger partial charge < -0.3 is 15.2 Å². The molecule has 2 aliphatic rings. The van der Waals surface area contributed by atoms with Gasteiger partial charge in [-0.2, -0.15) is 5.53 Å². The minimum absolute atomic E-state index is 0.182. The van der Waals surface area contributed by atoms with Gasteiger partial charge in [-0.25, -0.2) is 14.4 Å². The second-order valence-corrected chi connectivity index (χ2v) is 9.04. The van der Waals surface area contributed by atoms with Crippen molar-refractivity contribution >= 4 is 5.84 Å². The lowest BCUT2D eigenvalue weighted by atomic mass is 9.79. The molecule has 3 N–H and O–H groups in total. The van der Waals surface area contributed by atoms with Crippen LogP contribution in [0.4, 0.5) is 4.39 Å². The number of aromatic nitrogens is 2. The molecule has 0 saturated heterocycles. The molecule has 0 aliphatic heterocycles. The van der Waals surface area contributed by atoms with Crippen LogP contribution < -0.4 is 15.2 Å². The van der Waals surface area contributed by atoms with E-state index in [1.54, 1.807) is 19.4 Å². The fourth-order valence-electron chi connectivity index (χ4n) is 4.82. The topological polar surface area (TPSA) is 119 Å².